The molecule has 0 radical (unpaired) electrons. The van der Waals surface area contributed by atoms with Crippen LogP contribution >= 0.6 is 15.9 Å². The van der Waals surface area contributed by atoms with E-state index in [2.05, 4.69) is 27.9 Å². The molecule has 1 aromatic carbocycles. The molecule has 15 heavy (non-hydrogen) atoms. The van der Waals surface area contributed by atoms with Crippen molar-refractivity contribution < 1.29 is 9.47 Å². The minimum atomic E-state index is 0.290. The van der Waals surface area contributed by atoms with Crippen LogP contribution in [0.15, 0.2) is 22.7 Å². The second-order valence-corrected chi connectivity index (χ2v) is 4.67. The fourth-order valence-corrected chi connectivity index (χ4v) is 1.98. The predicted octanol–water partition coefficient (Wildman–Crippen LogP) is 2.15. The molecule has 1 aliphatic heterocycles. The van der Waals surface area contributed by atoms with E-state index >= 15 is 0 Å². The monoisotopic (exact) mass is 271 g/mol. The molecule has 82 valence electrons. The molecule has 4 heteroatoms. The van der Waals surface area contributed by atoms with Gasteiger partial charge in [-0.15, -0.1) is 0 Å². The second kappa shape index (κ2) is 4.41. The van der Waals surface area contributed by atoms with Crippen LogP contribution in [-0.4, -0.2) is 38.3 Å². The summed E-state index contributed by atoms with van der Waals surface area (Å²) in [6.07, 6.45) is 0.290. The summed E-state index contributed by atoms with van der Waals surface area (Å²) in [7, 11) is 3.74. The first-order valence-electron chi connectivity index (χ1n) is 4.88. The lowest BCUT2D eigenvalue weighted by Crippen LogP contribution is -2.51. The topological polar surface area (TPSA) is 21.7 Å². The molecule has 0 saturated carbocycles. The van der Waals surface area contributed by atoms with Crippen molar-refractivity contribution >= 4 is 15.9 Å². The van der Waals surface area contributed by atoms with Crippen molar-refractivity contribution in [3.8, 4) is 11.5 Å². The highest BCUT2D eigenvalue weighted by Gasteiger charge is 2.25. The molecule has 1 heterocycles. The van der Waals surface area contributed by atoms with Crippen LogP contribution in [0.5, 0.6) is 11.5 Å². The third-order valence-electron chi connectivity index (χ3n) is 2.45. The lowest BCUT2D eigenvalue weighted by atomic mass is 10.2. The van der Waals surface area contributed by atoms with Crippen LogP contribution in [0.2, 0.25) is 0 Å². The first-order chi connectivity index (χ1) is 7.19. The number of benzene rings is 1. The van der Waals surface area contributed by atoms with Crippen LogP contribution in [0.3, 0.4) is 0 Å². The Morgan fingerprint density at radius 3 is 2.67 bits per heavy atom. The number of hydrogen-bond donors (Lipinski definition) is 0. The molecule has 3 nitrogen and oxygen atoms in total. The van der Waals surface area contributed by atoms with Crippen LogP contribution in [0, 0.1) is 0 Å². The quantitative estimate of drug-likeness (QED) is 0.841. The molecule has 1 saturated heterocycles. The molecule has 0 spiro atoms. The highest BCUT2D eigenvalue weighted by atomic mass is 79.9. The van der Waals surface area contributed by atoms with Gasteiger partial charge in [0.25, 0.3) is 0 Å². The molecule has 0 atom stereocenters. The Labute approximate surface area is 98.1 Å². The third-order valence-corrected chi connectivity index (χ3v) is 2.94. The Bertz CT molecular complexity index is 350. The maximum absolute atomic E-state index is 5.83. The summed E-state index contributed by atoms with van der Waals surface area (Å²) in [6, 6.07) is 5.79. The Morgan fingerprint density at radius 1 is 1.33 bits per heavy atom. The lowest BCUT2D eigenvalue weighted by Gasteiger charge is -2.36. The second-order valence-electron chi connectivity index (χ2n) is 3.76. The van der Waals surface area contributed by atoms with Crippen molar-refractivity contribution in [3.05, 3.63) is 22.7 Å². The molecule has 2 rings (SSSR count). The molecule has 0 aromatic heterocycles. The van der Waals surface area contributed by atoms with Crippen molar-refractivity contribution in [1.82, 2.24) is 4.90 Å². The van der Waals surface area contributed by atoms with E-state index in [4.69, 9.17) is 9.47 Å². The molecule has 0 amide bonds. The number of halogens is 1. The fraction of sp³-hybridized carbons (Fsp3) is 0.455. The number of methoxy groups -OCH3 is 1. The normalized spacial score (nSPS) is 17.3. The lowest BCUT2D eigenvalue weighted by molar-refractivity contribution is 0.0369. The third kappa shape index (κ3) is 2.44. The van der Waals surface area contributed by atoms with Crippen molar-refractivity contribution in [2.24, 2.45) is 0 Å². The zero-order chi connectivity index (χ0) is 10.8. The molecular weight excluding hydrogens is 258 g/mol. The van der Waals surface area contributed by atoms with Gasteiger partial charge in [0, 0.05) is 17.6 Å². The van der Waals surface area contributed by atoms with E-state index in [-0.39, 0.29) is 6.10 Å². The SMILES string of the molecule is COc1ccc(Br)cc1OC1CN(C)C1. The Balaban J connectivity index is 2.08. The van der Waals surface area contributed by atoms with Gasteiger partial charge in [0.2, 0.25) is 0 Å². The largest absolute Gasteiger partial charge is 0.493 e. The summed E-state index contributed by atoms with van der Waals surface area (Å²) < 4.78 is 12.1. The van der Waals surface area contributed by atoms with E-state index in [1.807, 2.05) is 18.2 Å². The van der Waals surface area contributed by atoms with Crippen molar-refractivity contribution in [2.45, 2.75) is 6.10 Å². The summed E-state index contributed by atoms with van der Waals surface area (Å²) in [6.45, 7) is 1.96. The van der Waals surface area contributed by atoms with Crippen molar-refractivity contribution in [1.29, 1.82) is 0 Å². The molecule has 0 aliphatic carbocycles. The van der Waals surface area contributed by atoms with E-state index in [1.54, 1.807) is 7.11 Å². The van der Waals surface area contributed by atoms with Gasteiger partial charge in [-0.25, -0.2) is 0 Å². The van der Waals surface area contributed by atoms with Gasteiger partial charge in [-0.05, 0) is 25.2 Å². The van der Waals surface area contributed by atoms with Gasteiger partial charge in [0.05, 0.1) is 7.11 Å². The van der Waals surface area contributed by atoms with Crippen LogP contribution in [0.4, 0.5) is 0 Å². The molecule has 0 bridgehead atoms. The van der Waals surface area contributed by atoms with E-state index in [9.17, 15) is 0 Å². The van der Waals surface area contributed by atoms with Crippen LogP contribution in [0.25, 0.3) is 0 Å². The van der Waals surface area contributed by atoms with Gasteiger partial charge in [0.1, 0.15) is 6.10 Å². The first-order valence-corrected chi connectivity index (χ1v) is 5.67. The number of hydrogen-bond acceptors (Lipinski definition) is 3. The average molecular weight is 272 g/mol. The Kier molecular flexibility index (Phi) is 3.17. The van der Waals surface area contributed by atoms with Crippen molar-refractivity contribution in [3.63, 3.8) is 0 Å². The zero-order valence-corrected chi connectivity index (χ0v) is 10.5. The minimum Gasteiger partial charge on any atom is -0.493 e. The number of rotatable bonds is 3. The minimum absolute atomic E-state index is 0.290. The van der Waals surface area contributed by atoms with Gasteiger partial charge in [-0.1, -0.05) is 15.9 Å². The summed E-state index contributed by atoms with van der Waals surface area (Å²) in [5, 5.41) is 0. The van der Waals surface area contributed by atoms with E-state index < -0.39 is 0 Å². The van der Waals surface area contributed by atoms with Gasteiger partial charge < -0.3 is 9.47 Å². The summed E-state index contributed by atoms with van der Waals surface area (Å²) >= 11 is 3.42. The molecular formula is C11H14BrNO2. The van der Waals surface area contributed by atoms with E-state index in [1.165, 1.54) is 0 Å². The van der Waals surface area contributed by atoms with Crippen LogP contribution in [0.1, 0.15) is 0 Å². The molecule has 1 aliphatic rings. The highest BCUT2D eigenvalue weighted by Crippen LogP contribution is 2.31. The molecule has 0 N–H and O–H groups in total. The number of nitrogens with zero attached hydrogens (tertiary/aromatic N) is 1. The maximum atomic E-state index is 5.83. The summed E-state index contributed by atoms with van der Waals surface area (Å²) in [5.74, 6) is 1.60. The van der Waals surface area contributed by atoms with Gasteiger partial charge >= 0.3 is 0 Å². The number of likely N-dealkylation sites (tertiary alicyclic amines) is 1. The molecule has 1 aromatic rings. The van der Waals surface area contributed by atoms with E-state index in [0.717, 1.165) is 29.1 Å². The van der Waals surface area contributed by atoms with Crippen LogP contribution in [-0.2, 0) is 0 Å². The standard InChI is InChI=1S/C11H14BrNO2/c1-13-6-9(7-13)15-11-5-8(12)3-4-10(11)14-2/h3-5,9H,6-7H2,1-2H3. The van der Waals surface area contributed by atoms with Crippen LogP contribution < -0.4 is 9.47 Å². The fourth-order valence-electron chi connectivity index (χ4n) is 1.64. The van der Waals surface area contributed by atoms with Gasteiger partial charge in [0.15, 0.2) is 11.5 Å². The Hall–Kier alpha value is -0.740. The number of ether oxygens (including phenoxy) is 2. The zero-order valence-electron chi connectivity index (χ0n) is 8.87. The van der Waals surface area contributed by atoms with E-state index in [0.29, 0.717) is 0 Å². The van der Waals surface area contributed by atoms with Crippen molar-refractivity contribution in [2.75, 3.05) is 27.2 Å². The summed E-state index contributed by atoms with van der Waals surface area (Å²) in [5.41, 5.74) is 0. The van der Waals surface area contributed by atoms with Gasteiger partial charge in [-0.3, -0.25) is 4.90 Å². The summed E-state index contributed by atoms with van der Waals surface area (Å²) in [4.78, 5) is 2.22. The number of likely N-dealkylation sites (N-methyl/N-ethyl adjacent to an activating group) is 1. The maximum Gasteiger partial charge on any atom is 0.162 e. The average Bonchev–Trinajstić information content (AvgIpc) is 2.16. The Morgan fingerprint density at radius 2 is 2.07 bits per heavy atom. The van der Waals surface area contributed by atoms with Gasteiger partial charge in [-0.2, -0.15) is 0 Å². The highest BCUT2D eigenvalue weighted by molar-refractivity contribution is 9.10. The molecule has 1 fully saturated rings. The molecule has 0 unspecified atom stereocenters. The first kappa shape index (κ1) is 10.8. The smallest absolute Gasteiger partial charge is 0.162 e. The predicted molar refractivity (Wildman–Crippen MR) is 62.6 cm³/mol.